The molecule has 0 bridgehead atoms. The molecule has 0 aliphatic rings. The third-order valence-electron chi connectivity index (χ3n) is 2.04. The van der Waals surface area contributed by atoms with E-state index in [1.54, 1.807) is 24.3 Å². The van der Waals surface area contributed by atoms with E-state index in [-0.39, 0.29) is 12.0 Å². The number of carboxylic acid groups (broad SMARTS) is 1. The van der Waals surface area contributed by atoms with Crippen LogP contribution >= 0.6 is 0 Å². The first kappa shape index (κ1) is 9.39. The minimum Gasteiger partial charge on any atom is -0.476 e. The molecule has 15 heavy (non-hydrogen) atoms. The molecule has 0 unspecified atom stereocenters. The van der Waals surface area contributed by atoms with Crippen LogP contribution in [-0.4, -0.2) is 16.2 Å². The number of nitrogens with one attached hydrogen (secondary N) is 1. The van der Waals surface area contributed by atoms with Crippen LogP contribution in [0.15, 0.2) is 35.3 Å². The third-order valence-corrected chi connectivity index (χ3v) is 2.04. The molecule has 0 radical (unpaired) electrons. The number of hydrogen-bond acceptors (Lipinski definition) is 2. The summed E-state index contributed by atoms with van der Waals surface area (Å²) in [6, 6.07) is 6.97. The Hall–Kier alpha value is -2.17. The quantitative estimate of drug-likeness (QED) is 0.672. The number of nitrogens with zero attached hydrogens (tertiary/aromatic N) is 1. The van der Waals surface area contributed by atoms with Gasteiger partial charge in [-0.1, -0.05) is 12.1 Å². The smallest absolute Gasteiger partial charge is 0.372 e. The van der Waals surface area contributed by atoms with Crippen molar-refractivity contribution in [1.82, 2.24) is 5.10 Å². The maximum Gasteiger partial charge on any atom is 0.372 e. The molecule has 2 aromatic rings. The van der Waals surface area contributed by atoms with Crippen molar-refractivity contribution in [3.8, 4) is 0 Å². The van der Waals surface area contributed by atoms with Gasteiger partial charge in [-0.05, 0) is 12.1 Å². The summed E-state index contributed by atoms with van der Waals surface area (Å²) in [6.45, 7) is -0.250. The first-order valence-corrected chi connectivity index (χ1v) is 4.40. The lowest BCUT2D eigenvalue weighted by Gasteiger charge is -1.95. The molecule has 0 aliphatic heterocycles. The summed E-state index contributed by atoms with van der Waals surface area (Å²) in [6.07, 6.45) is 1.25. The molecule has 76 valence electrons. The highest BCUT2D eigenvalue weighted by molar-refractivity contribution is 5.76. The summed E-state index contributed by atoms with van der Waals surface area (Å²) in [7, 11) is 0. The average molecular weight is 205 g/mol. The second kappa shape index (κ2) is 3.53. The van der Waals surface area contributed by atoms with Gasteiger partial charge in [-0.25, -0.2) is 4.79 Å². The summed E-state index contributed by atoms with van der Waals surface area (Å²) in [5.41, 5.74) is 0.442. The van der Waals surface area contributed by atoms with Gasteiger partial charge in [-0.15, -0.1) is 4.68 Å². The van der Waals surface area contributed by atoms with Gasteiger partial charge in [0, 0.05) is 0 Å². The zero-order chi connectivity index (χ0) is 10.8. The molecule has 5 heteroatoms. The highest BCUT2D eigenvalue weighted by atomic mass is 16.4. The summed E-state index contributed by atoms with van der Waals surface area (Å²) in [4.78, 5) is 22.0. The van der Waals surface area contributed by atoms with Crippen LogP contribution in [0, 0.1) is 0 Å². The van der Waals surface area contributed by atoms with Crippen LogP contribution in [0.1, 0.15) is 0 Å². The fourth-order valence-electron chi connectivity index (χ4n) is 1.42. The van der Waals surface area contributed by atoms with E-state index < -0.39 is 5.97 Å². The lowest BCUT2D eigenvalue weighted by Crippen LogP contribution is -2.44. The van der Waals surface area contributed by atoms with E-state index in [9.17, 15) is 9.59 Å². The van der Waals surface area contributed by atoms with Crippen LogP contribution in [0.5, 0.6) is 0 Å². The molecule has 0 saturated carbocycles. The fourth-order valence-corrected chi connectivity index (χ4v) is 1.42. The predicted molar refractivity (Wildman–Crippen MR) is 52.4 cm³/mol. The Bertz CT molecular complexity index is 574. The maximum absolute atomic E-state index is 11.5. The minimum absolute atomic E-state index is 0.189. The summed E-state index contributed by atoms with van der Waals surface area (Å²) >= 11 is 0. The highest BCUT2D eigenvalue weighted by Crippen LogP contribution is 2.02. The molecular weight excluding hydrogens is 196 g/mol. The second-order valence-electron chi connectivity index (χ2n) is 3.17. The molecular formula is C10H9N2O3+. The van der Waals surface area contributed by atoms with Gasteiger partial charge < -0.3 is 5.11 Å². The van der Waals surface area contributed by atoms with E-state index in [1.165, 1.54) is 10.9 Å². The second-order valence-corrected chi connectivity index (χ2v) is 3.17. The lowest BCUT2D eigenvalue weighted by atomic mass is 10.2. The molecule has 0 saturated heterocycles. The number of rotatable bonds is 2. The number of carbonyl (C=O) groups is 1. The molecule has 1 heterocycles. The number of aliphatic carboxylic acids is 1. The van der Waals surface area contributed by atoms with Crippen molar-refractivity contribution < 1.29 is 14.6 Å². The van der Waals surface area contributed by atoms with E-state index in [0.717, 1.165) is 0 Å². The van der Waals surface area contributed by atoms with Gasteiger partial charge in [0.1, 0.15) is 5.52 Å². The Morgan fingerprint density at radius 2 is 2.13 bits per heavy atom. The monoisotopic (exact) mass is 205 g/mol. The Morgan fingerprint density at radius 1 is 1.40 bits per heavy atom. The Balaban J connectivity index is 2.62. The molecule has 1 aromatic carbocycles. The normalized spacial score (nSPS) is 10.4. The van der Waals surface area contributed by atoms with Gasteiger partial charge in [-0.2, -0.15) is 5.10 Å². The minimum atomic E-state index is -0.995. The van der Waals surface area contributed by atoms with Gasteiger partial charge in [0.15, 0.2) is 0 Å². The summed E-state index contributed by atoms with van der Waals surface area (Å²) < 4.78 is 1.26. The van der Waals surface area contributed by atoms with Crippen molar-refractivity contribution in [3.05, 3.63) is 40.7 Å². The van der Waals surface area contributed by atoms with Gasteiger partial charge in [0.05, 0.1) is 5.39 Å². The summed E-state index contributed by atoms with van der Waals surface area (Å²) in [5.74, 6) is -0.995. The third kappa shape index (κ3) is 1.85. The van der Waals surface area contributed by atoms with Crippen molar-refractivity contribution in [3.63, 3.8) is 0 Å². The number of para-hydroxylation sites is 1. The number of benzene rings is 1. The molecule has 0 spiro atoms. The predicted octanol–water partition coefficient (Wildman–Crippen LogP) is -0.0998. The molecule has 1 aromatic heterocycles. The number of carboxylic acids is 1. The summed E-state index contributed by atoms with van der Waals surface area (Å²) in [5, 5.41) is 12.0. The largest absolute Gasteiger partial charge is 0.476 e. The number of H-pyrrole nitrogens is 1. The first-order valence-electron chi connectivity index (χ1n) is 4.40. The van der Waals surface area contributed by atoms with Gasteiger partial charge in [-0.3, -0.25) is 4.79 Å². The number of hydrogen-bond donors (Lipinski definition) is 2. The first-order chi connectivity index (χ1) is 7.16. The molecule has 0 aliphatic carbocycles. The van der Waals surface area contributed by atoms with E-state index in [4.69, 9.17) is 5.11 Å². The molecule has 0 atom stereocenters. The fraction of sp³-hybridized carbons (Fsp3) is 0.100. The van der Waals surface area contributed by atoms with Crippen LogP contribution in [0.3, 0.4) is 0 Å². The van der Waals surface area contributed by atoms with Crippen molar-refractivity contribution >= 4 is 16.9 Å². The molecule has 5 nitrogen and oxygen atoms in total. The molecule has 0 fully saturated rings. The highest BCUT2D eigenvalue weighted by Gasteiger charge is 2.10. The number of aromatic nitrogens is 2. The molecule has 2 rings (SSSR count). The Labute approximate surface area is 84.6 Å². The van der Waals surface area contributed by atoms with Crippen molar-refractivity contribution in [1.29, 1.82) is 0 Å². The lowest BCUT2D eigenvalue weighted by molar-refractivity contribution is -0.741. The van der Waals surface area contributed by atoms with E-state index in [0.29, 0.717) is 10.9 Å². The van der Waals surface area contributed by atoms with Crippen LogP contribution in [0.2, 0.25) is 0 Å². The van der Waals surface area contributed by atoms with Gasteiger partial charge in [0.2, 0.25) is 6.20 Å². The van der Waals surface area contributed by atoms with Crippen LogP contribution in [0.4, 0.5) is 0 Å². The van der Waals surface area contributed by atoms with E-state index in [1.807, 2.05) is 0 Å². The zero-order valence-electron chi connectivity index (χ0n) is 7.80. The van der Waals surface area contributed by atoms with Crippen LogP contribution < -0.4 is 10.1 Å². The van der Waals surface area contributed by atoms with Crippen molar-refractivity contribution in [2.24, 2.45) is 0 Å². The number of aromatic amines is 1. The SMILES string of the molecule is O=C(O)C[n+]1cc(=O)c2ccccc2[nH]1. The van der Waals surface area contributed by atoms with Gasteiger partial charge >= 0.3 is 5.97 Å². The van der Waals surface area contributed by atoms with Gasteiger partial charge in [0.25, 0.3) is 12.0 Å². The van der Waals surface area contributed by atoms with Crippen molar-refractivity contribution in [2.75, 3.05) is 0 Å². The van der Waals surface area contributed by atoms with Crippen LogP contribution in [0.25, 0.3) is 10.9 Å². The Morgan fingerprint density at radius 3 is 2.87 bits per heavy atom. The van der Waals surface area contributed by atoms with E-state index in [2.05, 4.69) is 5.10 Å². The Kier molecular flexibility index (Phi) is 2.21. The zero-order valence-corrected chi connectivity index (χ0v) is 7.80. The molecule has 2 N–H and O–H groups in total. The van der Waals surface area contributed by atoms with E-state index >= 15 is 0 Å². The van der Waals surface area contributed by atoms with Crippen LogP contribution in [-0.2, 0) is 11.3 Å². The number of fused-ring (bicyclic) bond motifs is 1. The standard InChI is InChI=1S/C10H8N2O3/c13-9-5-12(6-10(14)15)11-8-4-2-1-3-7(8)9/h1-5H,6H2,(H-,11,13,14,15)/p+1. The topological polar surface area (TPSA) is 74.0 Å². The maximum atomic E-state index is 11.5. The average Bonchev–Trinajstić information content (AvgIpc) is 2.16. The van der Waals surface area contributed by atoms with Crippen molar-refractivity contribution in [2.45, 2.75) is 6.54 Å². The molecule has 0 amide bonds.